The summed E-state index contributed by atoms with van der Waals surface area (Å²) in [7, 11) is 1.52. The molecule has 0 radical (unpaired) electrons. The summed E-state index contributed by atoms with van der Waals surface area (Å²) in [6.07, 6.45) is -0.388. The molecule has 80 valence electrons. The quantitative estimate of drug-likeness (QED) is 0.836. The van der Waals surface area contributed by atoms with Crippen LogP contribution in [-0.4, -0.2) is 18.6 Å². The van der Waals surface area contributed by atoms with E-state index in [1.807, 2.05) is 0 Å². The molecule has 0 amide bonds. The smallest absolute Gasteiger partial charge is 0.225 e. The van der Waals surface area contributed by atoms with Crippen molar-refractivity contribution in [1.82, 2.24) is 4.98 Å². The number of benzene rings is 1. The summed E-state index contributed by atoms with van der Waals surface area (Å²) in [5, 5.41) is 0. The van der Waals surface area contributed by atoms with Crippen LogP contribution in [0.25, 0.3) is 11.1 Å². The molecular weight excluding hydrogens is 199 g/mol. The topological polar surface area (TPSA) is 61.3 Å². The van der Waals surface area contributed by atoms with E-state index in [0.717, 1.165) is 0 Å². The summed E-state index contributed by atoms with van der Waals surface area (Å²) in [4.78, 5) is 4.10. The molecule has 1 aromatic heterocycles. The molecule has 15 heavy (non-hydrogen) atoms. The van der Waals surface area contributed by atoms with Gasteiger partial charge in [-0.15, -0.1) is 0 Å². The van der Waals surface area contributed by atoms with Crippen molar-refractivity contribution < 1.29 is 13.5 Å². The molecular formula is C10H11FN2O2. The molecule has 0 saturated heterocycles. The lowest BCUT2D eigenvalue weighted by atomic mass is 10.3. The first kappa shape index (κ1) is 10.1. The maximum absolute atomic E-state index is 12.9. The van der Waals surface area contributed by atoms with Crippen LogP contribution in [0, 0.1) is 5.82 Å². The number of hydrogen-bond donors (Lipinski definition) is 1. The molecule has 0 aliphatic heterocycles. The molecule has 2 N–H and O–H groups in total. The minimum Gasteiger partial charge on any atom is -0.438 e. The molecule has 0 aliphatic rings. The fourth-order valence-corrected chi connectivity index (χ4v) is 1.35. The highest BCUT2D eigenvalue weighted by molar-refractivity contribution is 5.72. The van der Waals surface area contributed by atoms with Crippen molar-refractivity contribution in [2.75, 3.05) is 13.7 Å². The van der Waals surface area contributed by atoms with Crippen molar-refractivity contribution in [2.45, 2.75) is 6.10 Å². The molecule has 0 spiro atoms. The number of nitrogens with zero attached hydrogens (tertiary/aromatic N) is 1. The van der Waals surface area contributed by atoms with Gasteiger partial charge in [0.25, 0.3) is 0 Å². The molecule has 1 atom stereocenters. The molecule has 0 fully saturated rings. The molecule has 4 nitrogen and oxygen atoms in total. The first-order chi connectivity index (χ1) is 7.24. The van der Waals surface area contributed by atoms with Crippen molar-refractivity contribution >= 4 is 11.1 Å². The average Bonchev–Trinajstić information content (AvgIpc) is 2.62. The number of ether oxygens (including phenoxy) is 1. The van der Waals surface area contributed by atoms with Crippen LogP contribution in [0.1, 0.15) is 12.0 Å². The number of fused-ring (bicyclic) bond motifs is 1. The van der Waals surface area contributed by atoms with Gasteiger partial charge in [0.15, 0.2) is 5.58 Å². The van der Waals surface area contributed by atoms with Crippen LogP contribution >= 0.6 is 0 Å². The van der Waals surface area contributed by atoms with Gasteiger partial charge in [-0.2, -0.15) is 0 Å². The lowest BCUT2D eigenvalue weighted by Gasteiger charge is -2.06. The highest BCUT2D eigenvalue weighted by Gasteiger charge is 2.15. The monoisotopic (exact) mass is 210 g/mol. The second-order valence-corrected chi connectivity index (χ2v) is 3.12. The highest BCUT2D eigenvalue weighted by atomic mass is 19.1. The predicted molar refractivity (Wildman–Crippen MR) is 52.8 cm³/mol. The SMILES string of the molecule is COC(CN)c1nc2cc(F)ccc2o1. The molecule has 1 heterocycles. The molecule has 1 unspecified atom stereocenters. The molecule has 2 aromatic rings. The van der Waals surface area contributed by atoms with Crippen LogP contribution in [0.4, 0.5) is 4.39 Å². The predicted octanol–water partition coefficient (Wildman–Crippen LogP) is 1.61. The average molecular weight is 210 g/mol. The normalized spacial score (nSPS) is 13.3. The third-order valence-electron chi connectivity index (χ3n) is 2.14. The van der Waals surface area contributed by atoms with Gasteiger partial charge in [0.05, 0.1) is 0 Å². The van der Waals surface area contributed by atoms with Gasteiger partial charge in [0.1, 0.15) is 17.4 Å². The van der Waals surface area contributed by atoms with Crippen molar-refractivity contribution in [3.63, 3.8) is 0 Å². The van der Waals surface area contributed by atoms with Gasteiger partial charge in [-0.1, -0.05) is 0 Å². The van der Waals surface area contributed by atoms with Crippen molar-refractivity contribution in [3.8, 4) is 0 Å². The maximum Gasteiger partial charge on any atom is 0.225 e. The Hall–Kier alpha value is -1.46. The molecule has 0 saturated carbocycles. The van der Waals surface area contributed by atoms with E-state index in [0.29, 0.717) is 17.0 Å². The van der Waals surface area contributed by atoms with Crippen LogP contribution < -0.4 is 5.73 Å². The maximum atomic E-state index is 12.9. The van der Waals surface area contributed by atoms with Crippen LogP contribution in [0.3, 0.4) is 0 Å². The Bertz CT molecular complexity index is 465. The molecule has 0 bridgehead atoms. The summed E-state index contributed by atoms with van der Waals surface area (Å²) >= 11 is 0. The van der Waals surface area contributed by atoms with Crippen LogP contribution in [0.5, 0.6) is 0 Å². The lowest BCUT2D eigenvalue weighted by Crippen LogP contribution is -2.14. The zero-order chi connectivity index (χ0) is 10.8. The third kappa shape index (κ3) is 1.84. The number of hydrogen-bond acceptors (Lipinski definition) is 4. The van der Waals surface area contributed by atoms with Crippen molar-refractivity contribution in [3.05, 3.63) is 29.9 Å². The van der Waals surface area contributed by atoms with Crippen LogP contribution in [0.2, 0.25) is 0 Å². The fraction of sp³-hybridized carbons (Fsp3) is 0.300. The van der Waals surface area contributed by atoms with E-state index < -0.39 is 0 Å². The fourth-order valence-electron chi connectivity index (χ4n) is 1.35. The van der Waals surface area contributed by atoms with Gasteiger partial charge in [-0.05, 0) is 12.1 Å². The summed E-state index contributed by atoms with van der Waals surface area (Å²) in [5.74, 6) is 0.0321. The Morgan fingerprint density at radius 3 is 3.07 bits per heavy atom. The summed E-state index contributed by atoms with van der Waals surface area (Å²) in [5.41, 5.74) is 6.47. The van der Waals surface area contributed by atoms with E-state index in [4.69, 9.17) is 14.9 Å². The van der Waals surface area contributed by atoms with E-state index >= 15 is 0 Å². The van der Waals surface area contributed by atoms with E-state index in [9.17, 15) is 4.39 Å². The van der Waals surface area contributed by atoms with Crippen molar-refractivity contribution in [1.29, 1.82) is 0 Å². The lowest BCUT2D eigenvalue weighted by molar-refractivity contribution is 0.0878. The Morgan fingerprint density at radius 1 is 1.60 bits per heavy atom. The summed E-state index contributed by atoms with van der Waals surface area (Å²) in [6.45, 7) is 0.270. The second-order valence-electron chi connectivity index (χ2n) is 3.12. The Labute approximate surface area is 85.8 Å². The Morgan fingerprint density at radius 2 is 2.40 bits per heavy atom. The minimum absolute atomic E-state index is 0.270. The third-order valence-corrected chi connectivity index (χ3v) is 2.14. The van der Waals surface area contributed by atoms with E-state index in [1.165, 1.54) is 25.3 Å². The number of methoxy groups -OCH3 is 1. The first-order valence-corrected chi connectivity index (χ1v) is 4.53. The zero-order valence-electron chi connectivity index (χ0n) is 8.24. The zero-order valence-corrected chi connectivity index (χ0v) is 8.24. The Balaban J connectivity index is 2.46. The molecule has 2 rings (SSSR count). The van der Waals surface area contributed by atoms with Gasteiger partial charge < -0.3 is 14.9 Å². The first-order valence-electron chi connectivity index (χ1n) is 4.53. The number of rotatable bonds is 3. The van der Waals surface area contributed by atoms with E-state index in [1.54, 1.807) is 0 Å². The molecule has 0 aliphatic carbocycles. The number of oxazole rings is 1. The van der Waals surface area contributed by atoms with Crippen LogP contribution in [-0.2, 0) is 4.74 Å². The van der Waals surface area contributed by atoms with Crippen molar-refractivity contribution in [2.24, 2.45) is 5.73 Å². The van der Waals surface area contributed by atoms with Gasteiger partial charge >= 0.3 is 0 Å². The summed E-state index contributed by atoms with van der Waals surface area (Å²) in [6, 6.07) is 4.16. The second kappa shape index (κ2) is 3.96. The molecule has 1 aromatic carbocycles. The van der Waals surface area contributed by atoms with Gasteiger partial charge in [-0.25, -0.2) is 9.37 Å². The summed E-state index contributed by atoms with van der Waals surface area (Å²) < 4.78 is 23.3. The van der Waals surface area contributed by atoms with Gasteiger partial charge in [0.2, 0.25) is 5.89 Å². The number of aromatic nitrogens is 1. The highest BCUT2D eigenvalue weighted by Crippen LogP contribution is 2.21. The van der Waals surface area contributed by atoms with E-state index in [-0.39, 0.29) is 18.5 Å². The molecule has 5 heteroatoms. The number of nitrogens with two attached hydrogens (primary N) is 1. The van der Waals surface area contributed by atoms with Crippen LogP contribution in [0.15, 0.2) is 22.6 Å². The Kier molecular flexibility index (Phi) is 2.66. The standard InChI is InChI=1S/C10H11FN2O2/c1-14-9(5-12)10-13-7-4-6(11)2-3-8(7)15-10/h2-4,9H,5,12H2,1H3. The van der Waals surface area contributed by atoms with Gasteiger partial charge in [-0.3, -0.25) is 0 Å². The number of halogens is 1. The largest absolute Gasteiger partial charge is 0.438 e. The van der Waals surface area contributed by atoms with E-state index in [2.05, 4.69) is 4.98 Å². The van der Waals surface area contributed by atoms with Gasteiger partial charge in [0, 0.05) is 19.7 Å². The minimum atomic E-state index is -0.388.